The largest absolute Gasteiger partial charge is 0.458 e. The van der Waals surface area contributed by atoms with Gasteiger partial charge < -0.3 is 19.4 Å². The van der Waals surface area contributed by atoms with Crippen LogP contribution in [0.1, 0.15) is 58.4 Å². The maximum atomic E-state index is 7.71. The van der Waals surface area contributed by atoms with E-state index in [-0.39, 0.29) is 12.1 Å². The van der Waals surface area contributed by atoms with E-state index in [0.717, 1.165) is 57.0 Å². The Morgan fingerprint density at radius 1 is 0.441 bits per heavy atom. The van der Waals surface area contributed by atoms with Crippen molar-refractivity contribution in [2.75, 3.05) is 14.7 Å². The van der Waals surface area contributed by atoms with E-state index in [2.05, 4.69) is 252 Å². The minimum Gasteiger partial charge on any atom is -0.458 e. The second-order valence-corrected chi connectivity index (χ2v) is 19.9. The van der Waals surface area contributed by atoms with Gasteiger partial charge >= 0.3 is 0 Å². The lowest BCUT2D eigenvalue weighted by Gasteiger charge is -2.43. The lowest BCUT2D eigenvalue weighted by molar-refractivity contribution is 0.486. The standard InChI is InChI=1S/C63H54BN3O/c1-39-13-24-45(25-14-39)65(46-26-15-40(2)16-27-46)50-36-56-61-57(37-50)68-58-38-55(66(47-28-17-41(3)18-29-47)48-30-19-42(4)20-31-48)59-51-11-9-10-12-52(51)63(7,8)60(59)62(58)64(61)53-35-44(6)23-34-54(53)67(56)49-32-21-43(5)22-33-49/h9-38H,1-8H3. The van der Waals surface area contributed by atoms with Crippen LogP contribution in [0.2, 0.25) is 0 Å². The third kappa shape index (κ3) is 6.59. The summed E-state index contributed by atoms with van der Waals surface area (Å²) >= 11 is 0. The molecule has 0 fully saturated rings. The van der Waals surface area contributed by atoms with E-state index in [1.165, 1.54) is 77.7 Å². The Labute approximate surface area is 401 Å². The van der Waals surface area contributed by atoms with Crippen LogP contribution in [0.4, 0.5) is 51.2 Å². The van der Waals surface area contributed by atoms with Crippen LogP contribution in [0, 0.1) is 41.5 Å². The molecule has 1 aliphatic carbocycles. The summed E-state index contributed by atoms with van der Waals surface area (Å²) in [5, 5.41) is 0. The van der Waals surface area contributed by atoms with Crippen molar-refractivity contribution >= 4 is 74.3 Å². The van der Waals surface area contributed by atoms with E-state index >= 15 is 0 Å². The van der Waals surface area contributed by atoms with E-state index in [1.54, 1.807) is 0 Å². The van der Waals surface area contributed by atoms with Crippen LogP contribution in [-0.2, 0) is 5.41 Å². The first-order chi connectivity index (χ1) is 32.9. The van der Waals surface area contributed by atoms with Crippen molar-refractivity contribution in [2.24, 2.45) is 0 Å². The Kier molecular flexibility index (Phi) is 9.60. The second kappa shape index (κ2) is 15.7. The Balaban J connectivity index is 1.19. The topological polar surface area (TPSA) is 19.0 Å². The SMILES string of the molecule is Cc1ccc(N(c2ccc(C)cc2)c2cc3c4c(c2)N(c2ccc(C)cc2)c2ccc(C)cc2B4c2c(cc(N(c4ccc(C)cc4)c4ccc(C)cc4)c4c2C(C)(C)c2ccccc2-4)O3)cc1. The number of hydrogen-bond acceptors (Lipinski definition) is 4. The van der Waals surface area contributed by atoms with E-state index in [1.807, 2.05) is 0 Å². The number of rotatable bonds is 7. The van der Waals surface area contributed by atoms with Gasteiger partial charge in [-0.25, -0.2) is 0 Å². The first kappa shape index (κ1) is 41.7. The molecule has 0 atom stereocenters. The highest BCUT2D eigenvalue weighted by Crippen LogP contribution is 2.57. The molecule has 0 spiro atoms. The number of anilines is 9. The van der Waals surface area contributed by atoms with Crippen LogP contribution in [0.5, 0.6) is 11.5 Å². The molecule has 0 amide bonds. The van der Waals surface area contributed by atoms with Crippen LogP contribution in [-0.4, -0.2) is 6.71 Å². The predicted molar refractivity (Wildman–Crippen MR) is 288 cm³/mol. The van der Waals surface area contributed by atoms with Gasteiger partial charge in [-0.15, -0.1) is 0 Å². The maximum absolute atomic E-state index is 7.71. The summed E-state index contributed by atoms with van der Waals surface area (Å²) in [5.41, 5.74) is 25.8. The van der Waals surface area contributed by atoms with Crippen molar-refractivity contribution in [3.63, 3.8) is 0 Å². The monoisotopic (exact) mass is 879 g/mol. The van der Waals surface area contributed by atoms with Crippen LogP contribution >= 0.6 is 0 Å². The molecular formula is C63H54BN3O. The zero-order chi connectivity index (χ0) is 46.6. The summed E-state index contributed by atoms with van der Waals surface area (Å²) in [6.07, 6.45) is 0. The summed E-state index contributed by atoms with van der Waals surface area (Å²) in [6.45, 7) is 17.7. The lowest BCUT2D eigenvalue weighted by Crippen LogP contribution is -2.61. The Bertz CT molecular complexity index is 3360. The number of aryl methyl sites for hydroxylation is 6. The van der Waals surface area contributed by atoms with Gasteiger partial charge in [-0.1, -0.05) is 144 Å². The van der Waals surface area contributed by atoms with Crippen molar-refractivity contribution in [3.8, 4) is 22.6 Å². The molecule has 5 heteroatoms. The third-order valence-electron chi connectivity index (χ3n) is 14.6. The van der Waals surface area contributed by atoms with Gasteiger partial charge in [0, 0.05) is 62.9 Å². The molecule has 3 aliphatic rings. The molecule has 0 bridgehead atoms. The zero-order valence-corrected chi connectivity index (χ0v) is 40.1. The molecule has 9 aromatic rings. The van der Waals surface area contributed by atoms with Crippen molar-refractivity contribution in [1.29, 1.82) is 0 Å². The minimum atomic E-state index is -0.356. The van der Waals surface area contributed by atoms with E-state index in [0.29, 0.717) is 0 Å². The van der Waals surface area contributed by atoms with E-state index < -0.39 is 0 Å². The summed E-state index contributed by atoms with van der Waals surface area (Å²) in [6, 6.07) is 67.8. The fourth-order valence-corrected chi connectivity index (χ4v) is 11.2. The number of hydrogen-bond donors (Lipinski definition) is 0. The molecule has 2 heterocycles. The van der Waals surface area contributed by atoms with Gasteiger partial charge in [0.25, 0.3) is 6.71 Å². The molecule has 12 rings (SSSR count). The second-order valence-electron chi connectivity index (χ2n) is 19.9. The van der Waals surface area contributed by atoms with Crippen molar-refractivity contribution in [2.45, 2.75) is 60.8 Å². The lowest BCUT2D eigenvalue weighted by atomic mass is 9.32. The molecule has 0 unspecified atom stereocenters. The van der Waals surface area contributed by atoms with Crippen LogP contribution in [0.25, 0.3) is 11.1 Å². The molecule has 0 saturated heterocycles. The summed E-state index contributed by atoms with van der Waals surface area (Å²) < 4.78 is 7.71. The summed E-state index contributed by atoms with van der Waals surface area (Å²) in [7, 11) is 0. The maximum Gasteiger partial charge on any atom is 0.256 e. The zero-order valence-electron chi connectivity index (χ0n) is 40.1. The number of nitrogens with zero attached hydrogens (tertiary/aromatic N) is 3. The van der Waals surface area contributed by atoms with Gasteiger partial charge in [-0.2, -0.15) is 0 Å². The molecule has 0 saturated carbocycles. The first-order valence-corrected chi connectivity index (χ1v) is 23.9. The van der Waals surface area contributed by atoms with Crippen LogP contribution in [0.15, 0.2) is 182 Å². The molecule has 4 nitrogen and oxygen atoms in total. The predicted octanol–water partition coefficient (Wildman–Crippen LogP) is 15.2. The minimum absolute atomic E-state index is 0.120. The van der Waals surface area contributed by atoms with Gasteiger partial charge in [-0.3, -0.25) is 0 Å². The van der Waals surface area contributed by atoms with Crippen LogP contribution in [0.3, 0.4) is 0 Å². The van der Waals surface area contributed by atoms with Crippen molar-refractivity contribution in [1.82, 2.24) is 0 Å². The van der Waals surface area contributed by atoms with Gasteiger partial charge in [0.05, 0.1) is 11.4 Å². The van der Waals surface area contributed by atoms with Gasteiger partial charge in [0.1, 0.15) is 11.5 Å². The quantitative estimate of drug-likeness (QED) is 0.148. The van der Waals surface area contributed by atoms with Crippen molar-refractivity contribution in [3.05, 3.63) is 226 Å². The number of fused-ring (bicyclic) bond motifs is 8. The molecule has 9 aromatic carbocycles. The van der Waals surface area contributed by atoms with E-state index in [4.69, 9.17) is 4.74 Å². The fourth-order valence-electron chi connectivity index (χ4n) is 11.2. The highest BCUT2D eigenvalue weighted by molar-refractivity contribution is 6.99. The highest BCUT2D eigenvalue weighted by atomic mass is 16.5. The van der Waals surface area contributed by atoms with Gasteiger partial charge in [-0.05, 0) is 147 Å². The molecule has 2 aliphatic heterocycles. The Morgan fingerprint density at radius 2 is 0.926 bits per heavy atom. The summed E-state index contributed by atoms with van der Waals surface area (Å²) in [4.78, 5) is 7.31. The molecule has 68 heavy (non-hydrogen) atoms. The number of ether oxygens (including phenoxy) is 1. The summed E-state index contributed by atoms with van der Waals surface area (Å²) in [5.74, 6) is 1.75. The highest BCUT2D eigenvalue weighted by Gasteiger charge is 2.49. The molecule has 330 valence electrons. The Morgan fingerprint density at radius 3 is 1.49 bits per heavy atom. The Hall–Kier alpha value is -7.76. The molecule has 0 radical (unpaired) electrons. The van der Waals surface area contributed by atoms with Gasteiger partial charge in [0.2, 0.25) is 0 Å². The van der Waals surface area contributed by atoms with Gasteiger partial charge in [0.15, 0.2) is 0 Å². The average molecular weight is 880 g/mol. The average Bonchev–Trinajstić information content (AvgIpc) is 3.58. The van der Waals surface area contributed by atoms with Crippen LogP contribution < -0.4 is 35.8 Å². The molecule has 0 N–H and O–H groups in total. The van der Waals surface area contributed by atoms with Crippen molar-refractivity contribution < 1.29 is 4.74 Å². The molecule has 0 aromatic heterocycles. The number of benzene rings is 9. The molecular weight excluding hydrogens is 826 g/mol. The third-order valence-corrected chi connectivity index (χ3v) is 14.6. The fraction of sp³-hybridized carbons (Fsp3) is 0.143. The normalized spacial score (nSPS) is 13.5. The van der Waals surface area contributed by atoms with E-state index in [9.17, 15) is 0 Å². The first-order valence-electron chi connectivity index (χ1n) is 23.9. The smallest absolute Gasteiger partial charge is 0.256 e.